The zero-order chi connectivity index (χ0) is 19.1. The van der Waals surface area contributed by atoms with Crippen molar-refractivity contribution in [1.29, 1.82) is 0 Å². The molecular weight excluding hydrogens is 336 g/mol. The Kier molecular flexibility index (Phi) is 4.52. The van der Waals surface area contributed by atoms with Crippen molar-refractivity contribution in [2.24, 2.45) is 5.73 Å². The van der Waals surface area contributed by atoms with E-state index in [0.29, 0.717) is 17.8 Å². The average Bonchev–Trinajstić information content (AvgIpc) is 3.06. The van der Waals surface area contributed by atoms with Gasteiger partial charge >= 0.3 is 0 Å². The summed E-state index contributed by atoms with van der Waals surface area (Å²) in [6.45, 7) is 6.22. The number of benzene rings is 1. The number of fused-ring (bicyclic) bond motifs is 1. The van der Waals surface area contributed by atoms with Gasteiger partial charge in [-0.1, -0.05) is 6.07 Å². The Bertz CT molecular complexity index is 982. The van der Waals surface area contributed by atoms with E-state index in [0.717, 1.165) is 54.0 Å². The summed E-state index contributed by atoms with van der Waals surface area (Å²) in [5.41, 5.74) is 19.5. The van der Waals surface area contributed by atoms with E-state index in [-0.39, 0.29) is 0 Å². The molecule has 0 spiro atoms. The summed E-state index contributed by atoms with van der Waals surface area (Å²) in [4.78, 5) is 4.94. The Morgan fingerprint density at radius 2 is 1.81 bits per heavy atom. The Hall–Kier alpha value is -2.60. The van der Waals surface area contributed by atoms with Crippen LogP contribution in [0.2, 0.25) is 0 Å². The van der Waals surface area contributed by atoms with E-state index in [1.165, 1.54) is 11.1 Å². The molecule has 2 aromatic heterocycles. The summed E-state index contributed by atoms with van der Waals surface area (Å²) >= 11 is 0. The van der Waals surface area contributed by atoms with Crippen LogP contribution >= 0.6 is 0 Å². The Labute approximate surface area is 160 Å². The normalized spacial score (nSPS) is 20.1. The molecule has 6 nitrogen and oxygen atoms in total. The fraction of sp³-hybridized carbons (Fsp3) is 0.429. The van der Waals surface area contributed by atoms with Crippen LogP contribution < -0.4 is 16.8 Å². The zero-order valence-corrected chi connectivity index (χ0v) is 16.3. The molecule has 0 amide bonds. The summed E-state index contributed by atoms with van der Waals surface area (Å²) in [6.07, 6.45) is 6.30. The molecule has 142 valence electrons. The Morgan fingerprint density at radius 1 is 1.07 bits per heavy atom. The number of aryl methyl sites for hydroxylation is 2. The standard InChI is InChI=1S/C21H28N6/c1-12-4-9-17(10-13(12)2)24-19-14(3)20(23)26-27-11-18(25-21(19)27)15-5-7-16(22)8-6-15/h4,9-11,15-16,24H,5-8,22H2,1-3H3,(H2,23,26). The van der Waals surface area contributed by atoms with Crippen LogP contribution in [-0.4, -0.2) is 20.6 Å². The van der Waals surface area contributed by atoms with Crippen molar-refractivity contribution in [2.75, 3.05) is 11.1 Å². The van der Waals surface area contributed by atoms with Crippen LogP contribution in [-0.2, 0) is 0 Å². The van der Waals surface area contributed by atoms with Gasteiger partial charge in [-0.15, -0.1) is 5.10 Å². The van der Waals surface area contributed by atoms with Crippen molar-refractivity contribution in [3.05, 3.63) is 46.8 Å². The second kappa shape index (κ2) is 6.85. The summed E-state index contributed by atoms with van der Waals surface area (Å²) in [5.74, 6) is 0.964. The van der Waals surface area contributed by atoms with E-state index in [1.54, 1.807) is 0 Å². The first-order valence-corrected chi connectivity index (χ1v) is 9.67. The van der Waals surface area contributed by atoms with E-state index in [4.69, 9.17) is 16.5 Å². The third-order valence-electron chi connectivity index (χ3n) is 5.87. The lowest BCUT2D eigenvalue weighted by Gasteiger charge is -2.24. The summed E-state index contributed by atoms with van der Waals surface area (Å²) < 4.78 is 1.82. The topological polar surface area (TPSA) is 94.3 Å². The van der Waals surface area contributed by atoms with Gasteiger partial charge in [0.25, 0.3) is 0 Å². The number of hydrogen-bond donors (Lipinski definition) is 3. The number of hydrogen-bond acceptors (Lipinski definition) is 5. The average molecular weight is 364 g/mol. The monoisotopic (exact) mass is 364 g/mol. The van der Waals surface area contributed by atoms with Crippen molar-refractivity contribution in [2.45, 2.75) is 58.4 Å². The molecule has 0 unspecified atom stereocenters. The number of aromatic nitrogens is 3. The van der Waals surface area contributed by atoms with Crippen molar-refractivity contribution in [3.63, 3.8) is 0 Å². The molecular formula is C21H28N6. The first-order valence-electron chi connectivity index (χ1n) is 9.67. The molecule has 1 aliphatic rings. The van der Waals surface area contributed by atoms with Crippen molar-refractivity contribution in [1.82, 2.24) is 14.6 Å². The van der Waals surface area contributed by atoms with Crippen LogP contribution in [0.3, 0.4) is 0 Å². The summed E-state index contributed by atoms with van der Waals surface area (Å²) in [7, 11) is 0. The molecule has 0 bridgehead atoms. The van der Waals surface area contributed by atoms with Crippen LogP contribution in [0.25, 0.3) is 5.65 Å². The molecule has 0 saturated heterocycles. The number of rotatable bonds is 3. The van der Waals surface area contributed by atoms with Gasteiger partial charge in [-0.05, 0) is 69.7 Å². The van der Waals surface area contributed by atoms with E-state index in [9.17, 15) is 0 Å². The van der Waals surface area contributed by atoms with Crippen LogP contribution in [0.5, 0.6) is 0 Å². The van der Waals surface area contributed by atoms with Crippen molar-refractivity contribution >= 4 is 22.8 Å². The maximum absolute atomic E-state index is 6.18. The molecule has 1 saturated carbocycles. The molecule has 1 fully saturated rings. The van der Waals surface area contributed by atoms with Gasteiger partial charge in [-0.25, -0.2) is 9.50 Å². The largest absolute Gasteiger partial charge is 0.382 e. The molecule has 3 aromatic rings. The number of anilines is 3. The lowest BCUT2D eigenvalue weighted by atomic mass is 9.85. The van der Waals surface area contributed by atoms with Crippen LogP contribution in [0.15, 0.2) is 24.4 Å². The van der Waals surface area contributed by atoms with Gasteiger partial charge in [0.15, 0.2) is 5.65 Å². The third kappa shape index (κ3) is 3.37. The van der Waals surface area contributed by atoms with Crippen molar-refractivity contribution in [3.8, 4) is 0 Å². The minimum absolute atomic E-state index is 0.330. The van der Waals surface area contributed by atoms with Gasteiger partial charge in [0.05, 0.1) is 17.6 Å². The molecule has 27 heavy (non-hydrogen) atoms. The van der Waals surface area contributed by atoms with Gasteiger partial charge in [0.1, 0.15) is 5.82 Å². The lowest BCUT2D eigenvalue weighted by Crippen LogP contribution is -2.25. The fourth-order valence-electron chi connectivity index (χ4n) is 3.85. The highest BCUT2D eigenvalue weighted by Crippen LogP contribution is 2.34. The molecule has 2 heterocycles. The third-order valence-corrected chi connectivity index (χ3v) is 5.87. The van der Waals surface area contributed by atoms with E-state index in [2.05, 4.69) is 42.5 Å². The highest BCUT2D eigenvalue weighted by molar-refractivity contribution is 5.80. The van der Waals surface area contributed by atoms with Crippen LogP contribution in [0, 0.1) is 20.8 Å². The van der Waals surface area contributed by atoms with Gasteiger partial charge in [-0.2, -0.15) is 0 Å². The maximum Gasteiger partial charge on any atom is 0.177 e. The van der Waals surface area contributed by atoms with Crippen LogP contribution in [0.1, 0.15) is 54.0 Å². The lowest BCUT2D eigenvalue weighted by molar-refractivity contribution is 0.391. The minimum Gasteiger partial charge on any atom is -0.382 e. The second-order valence-corrected chi connectivity index (χ2v) is 7.85. The van der Waals surface area contributed by atoms with Gasteiger partial charge in [0, 0.05) is 23.2 Å². The zero-order valence-electron chi connectivity index (χ0n) is 16.3. The number of nitrogens with zero attached hydrogens (tertiary/aromatic N) is 3. The molecule has 4 rings (SSSR count). The summed E-state index contributed by atoms with van der Waals surface area (Å²) in [6, 6.07) is 6.68. The molecule has 1 aliphatic carbocycles. The molecule has 0 aliphatic heterocycles. The fourth-order valence-corrected chi connectivity index (χ4v) is 3.85. The molecule has 5 N–H and O–H groups in total. The molecule has 6 heteroatoms. The Morgan fingerprint density at radius 3 is 2.52 bits per heavy atom. The highest BCUT2D eigenvalue weighted by Gasteiger charge is 2.23. The molecule has 1 aromatic carbocycles. The highest BCUT2D eigenvalue weighted by atomic mass is 15.3. The number of nitrogens with one attached hydrogen (secondary N) is 1. The Balaban J connectivity index is 1.74. The number of imidazole rings is 1. The van der Waals surface area contributed by atoms with E-state index < -0.39 is 0 Å². The van der Waals surface area contributed by atoms with Crippen molar-refractivity contribution < 1.29 is 0 Å². The smallest absolute Gasteiger partial charge is 0.177 e. The predicted molar refractivity (Wildman–Crippen MR) is 111 cm³/mol. The summed E-state index contributed by atoms with van der Waals surface area (Å²) in [5, 5.41) is 8.03. The molecule has 0 radical (unpaired) electrons. The second-order valence-electron chi connectivity index (χ2n) is 7.85. The van der Waals surface area contributed by atoms with E-state index >= 15 is 0 Å². The first-order chi connectivity index (χ1) is 12.9. The molecule has 0 atom stereocenters. The quantitative estimate of drug-likeness (QED) is 0.654. The number of nitrogen functional groups attached to an aromatic ring is 1. The van der Waals surface area contributed by atoms with E-state index in [1.807, 2.05) is 17.6 Å². The van der Waals surface area contributed by atoms with Gasteiger partial charge in [-0.3, -0.25) is 0 Å². The van der Waals surface area contributed by atoms with Gasteiger partial charge < -0.3 is 16.8 Å². The van der Waals surface area contributed by atoms with Gasteiger partial charge in [0.2, 0.25) is 0 Å². The first kappa shape index (κ1) is 17.8. The number of nitrogens with two attached hydrogens (primary N) is 2. The maximum atomic E-state index is 6.18. The predicted octanol–water partition coefficient (Wildman–Crippen LogP) is 3.97. The van der Waals surface area contributed by atoms with Crippen LogP contribution in [0.4, 0.5) is 17.2 Å². The minimum atomic E-state index is 0.330. The SMILES string of the molecule is Cc1ccc(Nc2c(C)c(N)nn3cc(C4CCC(N)CC4)nc23)cc1C.